The van der Waals surface area contributed by atoms with E-state index in [1.165, 1.54) is 37.7 Å². The molecule has 5 nitrogen and oxygen atoms in total. The molecule has 2 aromatic rings. The average molecular weight is 478 g/mol. The van der Waals surface area contributed by atoms with Crippen LogP contribution < -0.4 is 10.1 Å². The van der Waals surface area contributed by atoms with Gasteiger partial charge in [-0.3, -0.25) is 4.90 Å². The van der Waals surface area contributed by atoms with Gasteiger partial charge in [0.05, 0.1) is 0 Å². The number of ether oxygens (including phenoxy) is 1. The molecule has 1 heterocycles. The number of hydrogen-bond acceptors (Lipinski definition) is 3. The fourth-order valence-corrected chi connectivity index (χ4v) is 5.42. The van der Waals surface area contributed by atoms with E-state index in [1.54, 1.807) is 0 Å². The lowest BCUT2D eigenvalue weighted by atomic mass is 9.95. The molecule has 1 saturated carbocycles. The topological polar surface area (TPSA) is 44.8 Å². The number of nitrogens with one attached hydrogen (secondary N) is 1. The lowest BCUT2D eigenvalue weighted by molar-refractivity contribution is 0.113. The summed E-state index contributed by atoms with van der Waals surface area (Å²) >= 11 is 0. The van der Waals surface area contributed by atoms with Crippen molar-refractivity contribution in [1.29, 1.82) is 0 Å². The molecule has 0 atom stereocenters. The zero-order chi connectivity index (χ0) is 24.3. The molecule has 5 heteroatoms. The quantitative estimate of drug-likeness (QED) is 0.376. The van der Waals surface area contributed by atoms with Gasteiger partial charge in [-0.05, 0) is 61.9 Å². The molecule has 2 aliphatic rings. The second-order valence-corrected chi connectivity index (χ2v) is 10.3. The second kappa shape index (κ2) is 13.5. The van der Waals surface area contributed by atoms with E-state index in [1.807, 2.05) is 30.3 Å². The third-order valence-corrected chi connectivity index (χ3v) is 7.50. The van der Waals surface area contributed by atoms with Crippen molar-refractivity contribution in [1.82, 2.24) is 15.1 Å². The highest BCUT2D eigenvalue weighted by Gasteiger charge is 2.29. The highest BCUT2D eigenvalue weighted by molar-refractivity contribution is 5.75. The molecule has 2 aromatic carbocycles. The number of hydrogen-bond donors (Lipinski definition) is 1. The van der Waals surface area contributed by atoms with E-state index in [9.17, 15) is 4.79 Å². The van der Waals surface area contributed by atoms with E-state index in [4.69, 9.17) is 4.74 Å². The number of carbonyl (C=O) groups is 1. The number of nitrogens with zero attached hydrogens (tertiary/aromatic N) is 2. The van der Waals surface area contributed by atoms with Crippen molar-refractivity contribution in [3.63, 3.8) is 0 Å². The van der Waals surface area contributed by atoms with Crippen molar-refractivity contribution in [3.05, 3.63) is 60.2 Å². The zero-order valence-electron chi connectivity index (χ0n) is 21.5. The standard InChI is InChI=1S/C30H43N3O2/c1-2-3-10-21-33(30(34)31-26-11-6-4-7-12-26)27-19-22-32(23-20-27)24-25-15-17-29(18-16-25)35-28-13-8-5-9-14-28/h5,8-9,13-18,26-27H,2-4,6-7,10-12,19-24H2,1H3,(H,31,34). The maximum atomic E-state index is 13.2. The Labute approximate surface area is 211 Å². The van der Waals surface area contributed by atoms with Crippen LogP contribution in [0.15, 0.2) is 54.6 Å². The van der Waals surface area contributed by atoms with Crippen LogP contribution in [-0.4, -0.2) is 47.5 Å². The van der Waals surface area contributed by atoms with Gasteiger partial charge in [-0.2, -0.15) is 0 Å². The first-order valence-corrected chi connectivity index (χ1v) is 13.8. The summed E-state index contributed by atoms with van der Waals surface area (Å²) < 4.78 is 5.92. The molecule has 0 spiro atoms. The number of unbranched alkanes of at least 4 members (excludes halogenated alkanes) is 2. The van der Waals surface area contributed by atoms with Gasteiger partial charge in [-0.1, -0.05) is 69.4 Å². The predicted molar refractivity (Wildman–Crippen MR) is 143 cm³/mol. The minimum atomic E-state index is 0.181. The fraction of sp³-hybridized carbons (Fsp3) is 0.567. The lowest BCUT2D eigenvalue weighted by Crippen LogP contribution is -2.53. The number of benzene rings is 2. The van der Waals surface area contributed by atoms with Gasteiger partial charge in [0.25, 0.3) is 0 Å². The van der Waals surface area contributed by atoms with Crippen LogP contribution in [0, 0.1) is 0 Å². The molecule has 1 aliphatic heterocycles. The van der Waals surface area contributed by atoms with Crippen molar-refractivity contribution in [2.75, 3.05) is 19.6 Å². The predicted octanol–water partition coefficient (Wildman–Crippen LogP) is 6.98. The van der Waals surface area contributed by atoms with Gasteiger partial charge < -0.3 is 15.0 Å². The van der Waals surface area contributed by atoms with E-state index in [0.29, 0.717) is 12.1 Å². The molecule has 35 heavy (non-hydrogen) atoms. The number of urea groups is 1. The Morgan fingerprint density at radius 2 is 1.60 bits per heavy atom. The number of piperidine rings is 1. The van der Waals surface area contributed by atoms with E-state index in [-0.39, 0.29) is 6.03 Å². The smallest absolute Gasteiger partial charge is 0.317 e. The largest absolute Gasteiger partial charge is 0.457 e. The van der Waals surface area contributed by atoms with Crippen LogP contribution >= 0.6 is 0 Å². The number of amides is 2. The molecule has 0 bridgehead atoms. The molecular formula is C30H43N3O2. The van der Waals surface area contributed by atoms with Gasteiger partial charge in [-0.25, -0.2) is 4.79 Å². The summed E-state index contributed by atoms with van der Waals surface area (Å²) in [6, 6.07) is 19.3. The highest BCUT2D eigenvalue weighted by Crippen LogP contribution is 2.24. The van der Waals surface area contributed by atoms with Crippen LogP contribution in [-0.2, 0) is 6.54 Å². The van der Waals surface area contributed by atoms with E-state index in [0.717, 1.165) is 69.8 Å². The van der Waals surface area contributed by atoms with Crippen molar-refractivity contribution in [2.45, 2.75) is 89.8 Å². The summed E-state index contributed by atoms with van der Waals surface area (Å²) in [4.78, 5) is 17.9. The van der Waals surface area contributed by atoms with Crippen molar-refractivity contribution in [3.8, 4) is 11.5 Å². The van der Waals surface area contributed by atoms with Crippen LogP contribution in [0.2, 0.25) is 0 Å². The van der Waals surface area contributed by atoms with Gasteiger partial charge in [0.2, 0.25) is 0 Å². The van der Waals surface area contributed by atoms with Gasteiger partial charge in [0.1, 0.15) is 11.5 Å². The molecular weight excluding hydrogens is 434 g/mol. The van der Waals surface area contributed by atoms with Crippen LogP contribution in [0.3, 0.4) is 0 Å². The van der Waals surface area contributed by atoms with Gasteiger partial charge in [0, 0.05) is 38.3 Å². The Morgan fingerprint density at radius 1 is 0.914 bits per heavy atom. The first kappa shape index (κ1) is 25.6. The number of likely N-dealkylation sites (tertiary alicyclic amines) is 1. The summed E-state index contributed by atoms with van der Waals surface area (Å²) in [5.74, 6) is 1.73. The van der Waals surface area contributed by atoms with Crippen molar-refractivity contribution in [2.24, 2.45) is 0 Å². The first-order valence-electron chi connectivity index (χ1n) is 13.8. The zero-order valence-corrected chi connectivity index (χ0v) is 21.5. The molecule has 1 aliphatic carbocycles. The highest BCUT2D eigenvalue weighted by atomic mass is 16.5. The number of para-hydroxylation sites is 1. The Balaban J connectivity index is 1.26. The molecule has 2 amide bonds. The summed E-state index contributed by atoms with van der Waals surface area (Å²) in [6.07, 6.45) is 11.7. The third-order valence-electron chi connectivity index (χ3n) is 7.50. The summed E-state index contributed by atoms with van der Waals surface area (Å²) in [5, 5.41) is 3.38. The summed E-state index contributed by atoms with van der Waals surface area (Å²) in [5.41, 5.74) is 1.30. The Kier molecular flexibility index (Phi) is 9.88. The summed E-state index contributed by atoms with van der Waals surface area (Å²) in [6.45, 7) is 6.13. The Hall–Kier alpha value is -2.53. The normalized spacial score (nSPS) is 17.7. The van der Waals surface area contributed by atoms with Gasteiger partial charge in [0.15, 0.2) is 0 Å². The third kappa shape index (κ3) is 7.99. The maximum absolute atomic E-state index is 13.2. The molecule has 4 rings (SSSR count). The maximum Gasteiger partial charge on any atom is 0.317 e. The Bertz CT molecular complexity index is 872. The van der Waals surface area contributed by atoms with Crippen LogP contribution in [0.4, 0.5) is 4.79 Å². The molecule has 1 saturated heterocycles. The van der Waals surface area contributed by atoms with E-state index in [2.05, 4.69) is 46.3 Å². The van der Waals surface area contributed by atoms with Crippen molar-refractivity contribution >= 4 is 6.03 Å². The number of rotatable bonds is 10. The first-order chi connectivity index (χ1) is 17.2. The fourth-order valence-electron chi connectivity index (χ4n) is 5.42. The SMILES string of the molecule is CCCCCN(C(=O)NC1CCCCC1)C1CCN(Cc2ccc(Oc3ccccc3)cc2)CC1. The molecule has 0 radical (unpaired) electrons. The van der Waals surface area contributed by atoms with E-state index >= 15 is 0 Å². The monoisotopic (exact) mass is 477 g/mol. The second-order valence-electron chi connectivity index (χ2n) is 10.3. The number of carbonyl (C=O) groups excluding carboxylic acids is 1. The van der Waals surface area contributed by atoms with Crippen LogP contribution in [0.5, 0.6) is 11.5 Å². The van der Waals surface area contributed by atoms with Gasteiger partial charge in [-0.15, -0.1) is 0 Å². The van der Waals surface area contributed by atoms with Crippen molar-refractivity contribution < 1.29 is 9.53 Å². The van der Waals surface area contributed by atoms with Gasteiger partial charge >= 0.3 is 6.03 Å². The Morgan fingerprint density at radius 3 is 2.29 bits per heavy atom. The minimum absolute atomic E-state index is 0.181. The molecule has 0 aromatic heterocycles. The summed E-state index contributed by atoms with van der Waals surface area (Å²) in [7, 11) is 0. The molecule has 190 valence electrons. The lowest BCUT2D eigenvalue weighted by Gasteiger charge is -2.39. The minimum Gasteiger partial charge on any atom is -0.457 e. The molecule has 0 unspecified atom stereocenters. The molecule has 2 fully saturated rings. The van der Waals surface area contributed by atoms with Crippen LogP contribution in [0.1, 0.15) is 76.7 Å². The van der Waals surface area contributed by atoms with Crippen LogP contribution in [0.25, 0.3) is 0 Å². The molecule has 1 N–H and O–H groups in total. The average Bonchev–Trinajstić information content (AvgIpc) is 2.90. The van der Waals surface area contributed by atoms with E-state index < -0.39 is 0 Å².